The van der Waals surface area contributed by atoms with Crippen molar-refractivity contribution in [2.24, 2.45) is 11.3 Å². The van der Waals surface area contributed by atoms with Crippen LogP contribution in [0.15, 0.2) is 30.3 Å². The molecule has 0 amide bonds. The molecule has 0 aromatic heterocycles. The van der Waals surface area contributed by atoms with Gasteiger partial charge in [0.15, 0.2) is 5.78 Å². The average Bonchev–Trinajstić information content (AvgIpc) is 2.33. The summed E-state index contributed by atoms with van der Waals surface area (Å²) in [6.45, 7) is 5.26. The number of Topliss-reactive ketones (excluding diaryl/α,β-unsaturated/α-hetero) is 1. The number of carbonyl (C=O) groups excluding carboxylic acids is 2. The van der Waals surface area contributed by atoms with Gasteiger partial charge in [-0.2, -0.15) is 0 Å². The second-order valence-electron chi connectivity index (χ2n) is 5.04. The largest absolute Gasteiger partial charge is 0.456 e. The molecule has 2 rings (SSSR count). The monoisotopic (exact) mass is 232 g/mol. The molecule has 1 aliphatic heterocycles. The Morgan fingerprint density at radius 3 is 2.29 bits per heavy atom. The molecule has 0 unspecified atom stereocenters. The molecule has 0 spiro atoms. The average molecular weight is 232 g/mol. The first kappa shape index (κ1) is 11.8. The lowest BCUT2D eigenvalue weighted by atomic mass is 9.73. The van der Waals surface area contributed by atoms with Crippen LogP contribution in [0.2, 0.25) is 0 Å². The molecule has 1 aliphatic rings. The highest BCUT2D eigenvalue weighted by Crippen LogP contribution is 2.43. The van der Waals surface area contributed by atoms with Crippen molar-refractivity contribution < 1.29 is 14.3 Å². The number of esters is 1. The van der Waals surface area contributed by atoms with E-state index in [0.29, 0.717) is 0 Å². The van der Waals surface area contributed by atoms with E-state index < -0.39 is 23.4 Å². The molecule has 1 heterocycles. The van der Waals surface area contributed by atoms with Crippen LogP contribution in [0.3, 0.4) is 0 Å². The van der Waals surface area contributed by atoms with E-state index in [0.717, 1.165) is 5.56 Å². The second kappa shape index (κ2) is 3.99. The lowest BCUT2D eigenvalue weighted by Crippen LogP contribution is -2.46. The molecule has 1 aromatic carbocycles. The number of ketones is 1. The third-order valence-electron chi connectivity index (χ3n) is 3.37. The lowest BCUT2D eigenvalue weighted by molar-refractivity contribution is -0.177. The minimum Gasteiger partial charge on any atom is -0.456 e. The number of ether oxygens (including phenoxy) is 1. The van der Waals surface area contributed by atoms with Gasteiger partial charge in [0.25, 0.3) is 0 Å². The summed E-state index contributed by atoms with van der Waals surface area (Å²) >= 11 is 0. The van der Waals surface area contributed by atoms with Crippen molar-refractivity contribution in [3.05, 3.63) is 35.9 Å². The highest BCUT2D eigenvalue weighted by molar-refractivity contribution is 6.03. The van der Waals surface area contributed by atoms with Gasteiger partial charge in [-0.1, -0.05) is 30.3 Å². The van der Waals surface area contributed by atoms with E-state index in [1.807, 2.05) is 44.2 Å². The standard InChI is InChI=1S/C14H16O3/c1-9-11(15)14(2,3)12(17-13(9)16)10-7-5-4-6-8-10/h4-9,12H,1-3H3/t9-,12-/m1/s1. The quantitative estimate of drug-likeness (QED) is 0.552. The van der Waals surface area contributed by atoms with Gasteiger partial charge in [-0.3, -0.25) is 9.59 Å². The molecule has 2 atom stereocenters. The minimum absolute atomic E-state index is 0.0531. The molecule has 3 heteroatoms. The van der Waals surface area contributed by atoms with E-state index >= 15 is 0 Å². The Bertz CT molecular complexity index is 448. The zero-order chi connectivity index (χ0) is 12.6. The van der Waals surface area contributed by atoms with E-state index in [-0.39, 0.29) is 5.78 Å². The van der Waals surface area contributed by atoms with Crippen LogP contribution in [0.5, 0.6) is 0 Å². The van der Waals surface area contributed by atoms with Crippen LogP contribution in [-0.2, 0) is 14.3 Å². The zero-order valence-corrected chi connectivity index (χ0v) is 10.3. The first-order valence-corrected chi connectivity index (χ1v) is 5.74. The smallest absolute Gasteiger partial charge is 0.316 e. The predicted molar refractivity (Wildman–Crippen MR) is 63.2 cm³/mol. The summed E-state index contributed by atoms with van der Waals surface area (Å²) in [5, 5.41) is 0. The van der Waals surface area contributed by atoms with Crippen molar-refractivity contribution in [1.29, 1.82) is 0 Å². The van der Waals surface area contributed by atoms with Crippen LogP contribution < -0.4 is 0 Å². The molecular formula is C14H16O3. The number of carbonyl (C=O) groups is 2. The first-order valence-electron chi connectivity index (χ1n) is 5.74. The summed E-state index contributed by atoms with van der Waals surface area (Å²) < 4.78 is 5.41. The Hall–Kier alpha value is -1.64. The normalized spacial score (nSPS) is 27.7. The van der Waals surface area contributed by atoms with Crippen LogP contribution in [0, 0.1) is 11.3 Å². The first-order chi connectivity index (χ1) is 7.94. The Balaban J connectivity index is 2.41. The molecule has 17 heavy (non-hydrogen) atoms. The highest BCUT2D eigenvalue weighted by Gasteiger charge is 2.49. The van der Waals surface area contributed by atoms with Gasteiger partial charge in [-0.25, -0.2) is 0 Å². The van der Waals surface area contributed by atoms with E-state index in [1.165, 1.54) is 0 Å². The Labute approximate surface area is 101 Å². The maximum Gasteiger partial charge on any atom is 0.316 e. The maximum absolute atomic E-state index is 12.1. The molecule has 1 aromatic rings. The molecule has 0 bridgehead atoms. The highest BCUT2D eigenvalue weighted by atomic mass is 16.5. The summed E-state index contributed by atoms with van der Waals surface area (Å²) in [6, 6.07) is 9.40. The van der Waals surface area contributed by atoms with E-state index in [9.17, 15) is 9.59 Å². The van der Waals surface area contributed by atoms with Gasteiger partial charge in [-0.15, -0.1) is 0 Å². The lowest BCUT2D eigenvalue weighted by Gasteiger charge is -2.39. The Morgan fingerprint density at radius 1 is 1.12 bits per heavy atom. The van der Waals surface area contributed by atoms with Crippen molar-refractivity contribution >= 4 is 11.8 Å². The van der Waals surface area contributed by atoms with Gasteiger partial charge in [0.2, 0.25) is 0 Å². The molecule has 1 fully saturated rings. The fourth-order valence-corrected chi connectivity index (χ4v) is 2.27. The third kappa shape index (κ3) is 1.86. The number of benzene rings is 1. The van der Waals surface area contributed by atoms with Crippen LogP contribution in [0.4, 0.5) is 0 Å². The van der Waals surface area contributed by atoms with E-state index in [1.54, 1.807) is 6.92 Å². The van der Waals surface area contributed by atoms with Gasteiger partial charge < -0.3 is 4.74 Å². The van der Waals surface area contributed by atoms with Crippen LogP contribution in [0.25, 0.3) is 0 Å². The molecular weight excluding hydrogens is 216 g/mol. The van der Waals surface area contributed by atoms with Gasteiger partial charge >= 0.3 is 5.97 Å². The zero-order valence-electron chi connectivity index (χ0n) is 10.3. The molecule has 90 valence electrons. The SMILES string of the molecule is C[C@H]1C(=O)O[C@H](c2ccccc2)C(C)(C)C1=O. The molecule has 0 radical (unpaired) electrons. The number of cyclic esters (lactones) is 1. The second-order valence-corrected chi connectivity index (χ2v) is 5.04. The predicted octanol–water partition coefficient (Wildman–Crippen LogP) is 2.52. The van der Waals surface area contributed by atoms with Crippen molar-refractivity contribution in [2.45, 2.75) is 26.9 Å². The van der Waals surface area contributed by atoms with Crippen LogP contribution in [0.1, 0.15) is 32.4 Å². The molecule has 0 aliphatic carbocycles. The van der Waals surface area contributed by atoms with E-state index in [2.05, 4.69) is 0 Å². The van der Waals surface area contributed by atoms with Crippen molar-refractivity contribution in [3.63, 3.8) is 0 Å². The van der Waals surface area contributed by atoms with E-state index in [4.69, 9.17) is 4.74 Å². The van der Waals surface area contributed by atoms with Gasteiger partial charge in [0.05, 0.1) is 5.41 Å². The maximum atomic E-state index is 12.1. The summed E-state index contributed by atoms with van der Waals surface area (Å²) in [6.07, 6.45) is -0.486. The number of rotatable bonds is 1. The summed E-state index contributed by atoms with van der Waals surface area (Å²) in [7, 11) is 0. The molecule has 1 saturated heterocycles. The van der Waals surface area contributed by atoms with Gasteiger partial charge in [-0.05, 0) is 26.3 Å². The number of hydrogen-bond donors (Lipinski definition) is 0. The summed E-state index contributed by atoms with van der Waals surface area (Å²) in [5.74, 6) is -1.14. The fourth-order valence-electron chi connectivity index (χ4n) is 2.27. The van der Waals surface area contributed by atoms with Crippen molar-refractivity contribution in [3.8, 4) is 0 Å². The van der Waals surface area contributed by atoms with Gasteiger partial charge in [0, 0.05) is 0 Å². The minimum atomic E-state index is -0.672. The number of hydrogen-bond acceptors (Lipinski definition) is 3. The summed E-state index contributed by atoms with van der Waals surface area (Å²) in [5.41, 5.74) is 0.195. The molecule has 0 N–H and O–H groups in total. The van der Waals surface area contributed by atoms with Crippen molar-refractivity contribution in [1.82, 2.24) is 0 Å². The third-order valence-corrected chi connectivity index (χ3v) is 3.37. The molecule has 0 saturated carbocycles. The fraction of sp³-hybridized carbons (Fsp3) is 0.429. The summed E-state index contributed by atoms with van der Waals surface area (Å²) in [4.78, 5) is 23.8. The van der Waals surface area contributed by atoms with Crippen molar-refractivity contribution in [2.75, 3.05) is 0 Å². The van der Waals surface area contributed by atoms with Crippen LogP contribution in [-0.4, -0.2) is 11.8 Å². The van der Waals surface area contributed by atoms with Gasteiger partial charge in [0.1, 0.15) is 12.0 Å². The Kier molecular flexibility index (Phi) is 2.77. The Morgan fingerprint density at radius 2 is 1.71 bits per heavy atom. The van der Waals surface area contributed by atoms with Crippen LogP contribution >= 0.6 is 0 Å². The molecule has 3 nitrogen and oxygen atoms in total. The topological polar surface area (TPSA) is 43.4 Å².